The number of hydrogen-bond donors (Lipinski definition) is 3. The standard InChI is InChI=1S/C19H17Cl2N5O3S/c1-11-9-12(2)23-18(22-11)26-30(28,29)15-6-4-14(5-7-15)24-19(27)25-17-8-3-13(20)10-16(17)21/h3-10H,1-2H3,(H,22,23,26)(H2,24,25,27). The first-order valence-electron chi connectivity index (χ1n) is 8.60. The molecule has 0 aliphatic rings. The summed E-state index contributed by atoms with van der Waals surface area (Å²) in [5, 5.41) is 5.92. The van der Waals surface area contributed by atoms with Crippen LogP contribution in [0.2, 0.25) is 10.0 Å². The quantitative estimate of drug-likeness (QED) is 0.498. The van der Waals surface area contributed by atoms with Crippen LogP contribution in [0.1, 0.15) is 11.4 Å². The van der Waals surface area contributed by atoms with Crippen LogP contribution in [0.4, 0.5) is 22.1 Å². The van der Waals surface area contributed by atoms with Gasteiger partial charge >= 0.3 is 6.03 Å². The van der Waals surface area contributed by atoms with Crippen LogP contribution in [0.3, 0.4) is 0 Å². The number of amides is 2. The van der Waals surface area contributed by atoms with Gasteiger partial charge in [0, 0.05) is 22.1 Å². The topological polar surface area (TPSA) is 113 Å². The predicted octanol–water partition coefficient (Wildman–Crippen LogP) is 4.85. The minimum atomic E-state index is -3.88. The summed E-state index contributed by atoms with van der Waals surface area (Å²) in [6, 6.07) is 11.5. The molecule has 1 heterocycles. The van der Waals surface area contributed by atoms with E-state index in [1.165, 1.54) is 30.3 Å². The molecule has 0 saturated heterocycles. The van der Waals surface area contributed by atoms with Crippen LogP contribution < -0.4 is 15.4 Å². The van der Waals surface area contributed by atoms with Crippen molar-refractivity contribution >= 4 is 56.6 Å². The van der Waals surface area contributed by atoms with Crippen molar-refractivity contribution in [3.63, 3.8) is 0 Å². The number of carbonyl (C=O) groups excluding carboxylic acids is 1. The maximum absolute atomic E-state index is 12.5. The molecular formula is C19H17Cl2N5O3S. The van der Waals surface area contributed by atoms with Crippen LogP contribution in [0, 0.1) is 13.8 Å². The van der Waals surface area contributed by atoms with Crippen molar-refractivity contribution in [1.29, 1.82) is 0 Å². The third-order valence-corrected chi connectivity index (χ3v) is 5.70. The maximum Gasteiger partial charge on any atom is 0.323 e. The Kier molecular flexibility index (Phi) is 6.45. The van der Waals surface area contributed by atoms with Crippen LogP contribution >= 0.6 is 23.2 Å². The Morgan fingerprint density at radius 1 is 0.900 bits per heavy atom. The molecule has 0 saturated carbocycles. The van der Waals surface area contributed by atoms with Crippen molar-refractivity contribution in [2.75, 3.05) is 15.4 Å². The Hall–Kier alpha value is -2.88. The molecule has 0 aliphatic heterocycles. The molecule has 2 amide bonds. The smallest absolute Gasteiger partial charge is 0.308 e. The molecule has 0 spiro atoms. The predicted molar refractivity (Wildman–Crippen MR) is 118 cm³/mol. The third-order valence-electron chi connectivity index (χ3n) is 3.81. The third kappa shape index (κ3) is 5.59. The Bertz CT molecular complexity index is 1180. The molecule has 0 aliphatic carbocycles. The highest BCUT2D eigenvalue weighted by Crippen LogP contribution is 2.25. The fraction of sp³-hybridized carbons (Fsp3) is 0.105. The molecular weight excluding hydrogens is 449 g/mol. The number of aryl methyl sites for hydroxylation is 2. The normalized spacial score (nSPS) is 11.1. The summed E-state index contributed by atoms with van der Waals surface area (Å²) >= 11 is 11.8. The summed E-state index contributed by atoms with van der Waals surface area (Å²) < 4.78 is 27.4. The second kappa shape index (κ2) is 8.86. The lowest BCUT2D eigenvalue weighted by molar-refractivity contribution is 0.262. The zero-order valence-corrected chi connectivity index (χ0v) is 18.2. The first kappa shape index (κ1) is 21.8. The number of aromatic nitrogens is 2. The largest absolute Gasteiger partial charge is 0.323 e. The molecule has 0 atom stereocenters. The summed E-state index contributed by atoms with van der Waals surface area (Å²) in [5.74, 6) is -0.00563. The van der Waals surface area contributed by atoms with Crippen LogP contribution in [-0.2, 0) is 10.0 Å². The van der Waals surface area contributed by atoms with Gasteiger partial charge in [0.15, 0.2) is 0 Å². The number of hydrogen-bond acceptors (Lipinski definition) is 5. The van der Waals surface area contributed by atoms with E-state index in [4.69, 9.17) is 23.2 Å². The molecule has 3 rings (SSSR count). The number of benzene rings is 2. The summed E-state index contributed by atoms with van der Waals surface area (Å²) in [4.78, 5) is 20.3. The van der Waals surface area contributed by atoms with Crippen LogP contribution in [-0.4, -0.2) is 24.4 Å². The lowest BCUT2D eigenvalue weighted by atomic mass is 10.3. The molecule has 0 bridgehead atoms. The number of carbonyl (C=O) groups is 1. The Balaban J connectivity index is 1.68. The Labute approximate surface area is 183 Å². The van der Waals surface area contributed by atoms with Crippen molar-refractivity contribution < 1.29 is 13.2 Å². The molecule has 0 fully saturated rings. The second-order valence-corrected chi connectivity index (χ2v) is 8.83. The van der Waals surface area contributed by atoms with Crippen molar-refractivity contribution in [3.8, 4) is 0 Å². The maximum atomic E-state index is 12.5. The van der Waals surface area contributed by atoms with E-state index in [0.717, 1.165) is 0 Å². The van der Waals surface area contributed by atoms with Gasteiger partial charge in [0.2, 0.25) is 5.95 Å². The molecule has 8 nitrogen and oxygen atoms in total. The van der Waals surface area contributed by atoms with Crippen molar-refractivity contribution in [2.24, 2.45) is 0 Å². The van der Waals surface area contributed by atoms with Gasteiger partial charge in [-0.15, -0.1) is 0 Å². The van der Waals surface area contributed by atoms with Gasteiger partial charge in [0.1, 0.15) is 0 Å². The highest BCUT2D eigenvalue weighted by Gasteiger charge is 2.16. The van der Waals surface area contributed by atoms with Crippen molar-refractivity contribution in [3.05, 3.63) is 70.0 Å². The fourth-order valence-corrected chi connectivity index (χ4v) is 3.94. The van der Waals surface area contributed by atoms with Crippen molar-refractivity contribution in [2.45, 2.75) is 18.7 Å². The van der Waals surface area contributed by atoms with Gasteiger partial charge in [-0.05, 0) is 62.4 Å². The minimum absolute atomic E-state index is 0.00281. The molecule has 11 heteroatoms. The molecule has 0 radical (unpaired) electrons. The van der Waals surface area contributed by atoms with Gasteiger partial charge in [-0.3, -0.25) is 0 Å². The van der Waals surface area contributed by atoms with Gasteiger partial charge in [-0.2, -0.15) is 0 Å². The number of anilines is 3. The van der Waals surface area contributed by atoms with Gasteiger partial charge in [-0.1, -0.05) is 23.2 Å². The molecule has 0 unspecified atom stereocenters. The highest BCUT2D eigenvalue weighted by atomic mass is 35.5. The average molecular weight is 466 g/mol. The zero-order chi connectivity index (χ0) is 21.9. The first-order chi connectivity index (χ1) is 14.1. The lowest BCUT2D eigenvalue weighted by Gasteiger charge is -2.11. The Morgan fingerprint density at radius 3 is 2.13 bits per heavy atom. The first-order valence-corrected chi connectivity index (χ1v) is 10.8. The summed E-state index contributed by atoms with van der Waals surface area (Å²) in [5.41, 5.74) is 2.06. The monoisotopic (exact) mass is 465 g/mol. The number of nitrogens with one attached hydrogen (secondary N) is 3. The number of halogens is 2. The Morgan fingerprint density at radius 2 is 1.53 bits per heavy atom. The fourth-order valence-electron chi connectivity index (χ4n) is 2.54. The van der Waals surface area contributed by atoms with E-state index in [-0.39, 0.29) is 10.8 Å². The SMILES string of the molecule is Cc1cc(C)nc(NS(=O)(=O)c2ccc(NC(=O)Nc3ccc(Cl)cc3Cl)cc2)n1. The lowest BCUT2D eigenvalue weighted by Crippen LogP contribution is -2.20. The number of nitrogens with zero attached hydrogens (tertiary/aromatic N) is 2. The summed E-state index contributed by atoms with van der Waals surface area (Å²) in [6.07, 6.45) is 0. The van der Waals surface area contributed by atoms with E-state index in [0.29, 0.717) is 32.8 Å². The van der Waals surface area contributed by atoms with Crippen LogP contribution in [0.5, 0.6) is 0 Å². The summed E-state index contributed by atoms with van der Waals surface area (Å²) in [6.45, 7) is 3.49. The van der Waals surface area contributed by atoms with Gasteiger partial charge in [0.05, 0.1) is 15.6 Å². The van der Waals surface area contributed by atoms with Gasteiger partial charge in [-0.25, -0.2) is 27.9 Å². The van der Waals surface area contributed by atoms with Gasteiger partial charge in [0.25, 0.3) is 10.0 Å². The van der Waals surface area contributed by atoms with E-state index < -0.39 is 16.1 Å². The van der Waals surface area contributed by atoms with E-state index in [2.05, 4.69) is 25.3 Å². The number of rotatable bonds is 5. The van der Waals surface area contributed by atoms with E-state index in [1.54, 1.807) is 32.0 Å². The van der Waals surface area contributed by atoms with Crippen LogP contribution in [0.25, 0.3) is 0 Å². The molecule has 30 heavy (non-hydrogen) atoms. The molecule has 2 aromatic carbocycles. The molecule has 3 aromatic rings. The molecule has 3 N–H and O–H groups in total. The summed E-state index contributed by atoms with van der Waals surface area (Å²) in [7, 11) is -3.88. The minimum Gasteiger partial charge on any atom is -0.308 e. The van der Waals surface area contributed by atoms with Crippen LogP contribution in [0.15, 0.2) is 53.4 Å². The van der Waals surface area contributed by atoms with Crippen molar-refractivity contribution in [1.82, 2.24) is 9.97 Å². The van der Waals surface area contributed by atoms with E-state index in [1.807, 2.05) is 0 Å². The highest BCUT2D eigenvalue weighted by molar-refractivity contribution is 7.92. The van der Waals surface area contributed by atoms with Gasteiger partial charge < -0.3 is 10.6 Å². The molecule has 1 aromatic heterocycles. The van der Waals surface area contributed by atoms with E-state index in [9.17, 15) is 13.2 Å². The number of urea groups is 1. The number of sulfonamides is 1. The second-order valence-electron chi connectivity index (χ2n) is 6.31. The average Bonchev–Trinajstić information content (AvgIpc) is 2.63. The molecule has 156 valence electrons. The van der Waals surface area contributed by atoms with E-state index >= 15 is 0 Å². The zero-order valence-electron chi connectivity index (χ0n) is 15.9.